The van der Waals surface area contributed by atoms with Gasteiger partial charge in [-0.15, -0.1) is 11.3 Å². The van der Waals surface area contributed by atoms with E-state index in [1.165, 1.54) is 0 Å². The fourth-order valence-electron chi connectivity index (χ4n) is 2.10. The third-order valence-corrected chi connectivity index (χ3v) is 4.07. The van der Waals surface area contributed by atoms with Crippen LogP contribution < -0.4 is 0 Å². The average Bonchev–Trinajstić information content (AvgIpc) is 2.90. The van der Waals surface area contributed by atoms with Crippen molar-refractivity contribution < 1.29 is 9.59 Å². The van der Waals surface area contributed by atoms with E-state index in [-0.39, 0.29) is 11.9 Å². The highest BCUT2D eigenvalue weighted by Gasteiger charge is 2.24. The number of thiophene rings is 1. The minimum Gasteiger partial charge on any atom is -0.339 e. The van der Waals surface area contributed by atoms with Crippen LogP contribution in [0.15, 0.2) is 17.5 Å². The first-order valence-corrected chi connectivity index (χ1v) is 7.22. The van der Waals surface area contributed by atoms with Crippen LogP contribution in [0.2, 0.25) is 0 Å². The first-order chi connectivity index (χ1) is 9.08. The van der Waals surface area contributed by atoms with Crippen LogP contribution in [0.5, 0.6) is 0 Å². The topological polar surface area (TPSA) is 43.9 Å². The number of urea groups is 1. The van der Waals surface area contributed by atoms with Crippen LogP contribution in [0.25, 0.3) is 0 Å². The molecule has 1 fully saturated rings. The molecule has 3 amide bonds. The molecular formula is C13H19N3O2S. The highest BCUT2D eigenvalue weighted by molar-refractivity contribution is 7.10. The van der Waals surface area contributed by atoms with E-state index in [0.717, 1.165) is 4.88 Å². The number of amides is 3. The second kappa shape index (κ2) is 6.06. The van der Waals surface area contributed by atoms with Crippen molar-refractivity contribution in [1.29, 1.82) is 0 Å². The van der Waals surface area contributed by atoms with Crippen LogP contribution in [-0.4, -0.2) is 66.9 Å². The molecule has 0 atom stereocenters. The van der Waals surface area contributed by atoms with Crippen molar-refractivity contribution in [2.75, 3.05) is 40.3 Å². The molecule has 0 saturated carbocycles. The van der Waals surface area contributed by atoms with Gasteiger partial charge in [0.25, 0.3) is 0 Å². The molecule has 1 aromatic heterocycles. The number of hydrogen-bond acceptors (Lipinski definition) is 3. The minimum absolute atomic E-state index is 0.0188. The molecule has 1 aromatic rings. The van der Waals surface area contributed by atoms with E-state index in [0.29, 0.717) is 32.6 Å². The molecule has 0 aliphatic carbocycles. The molecule has 0 N–H and O–H groups in total. The molecule has 0 unspecified atom stereocenters. The molecule has 6 heteroatoms. The van der Waals surface area contributed by atoms with E-state index in [1.807, 2.05) is 22.4 Å². The van der Waals surface area contributed by atoms with Gasteiger partial charge in [0.05, 0.1) is 6.42 Å². The van der Waals surface area contributed by atoms with Crippen molar-refractivity contribution in [1.82, 2.24) is 14.7 Å². The summed E-state index contributed by atoms with van der Waals surface area (Å²) in [7, 11) is 3.49. The van der Waals surface area contributed by atoms with Gasteiger partial charge in [-0.3, -0.25) is 4.79 Å². The Balaban J connectivity index is 1.83. The number of rotatable bonds is 2. The summed E-state index contributed by atoms with van der Waals surface area (Å²) < 4.78 is 0. The van der Waals surface area contributed by atoms with Gasteiger partial charge in [0.2, 0.25) is 5.91 Å². The van der Waals surface area contributed by atoms with Gasteiger partial charge in [-0.1, -0.05) is 6.07 Å². The number of carbonyl (C=O) groups is 2. The Bertz CT molecular complexity index is 437. The largest absolute Gasteiger partial charge is 0.339 e. The van der Waals surface area contributed by atoms with E-state index >= 15 is 0 Å². The van der Waals surface area contributed by atoms with Gasteiger partial charge >= 0.3 is 6.03 Å². The van der Waals surface area contributed by atoms with Crippen LogP contribution in [0.3, 0.4) is 0 Å². The maximum atomic E-state index is 12.1. The fourth-order valence-corrected chi connectivity index (χ4v) is 2.80. The summed E-state index contributed by atoms with van der Waals surface area (Å²) in [6.45, 7) is 2.49. The molecule has 0 aromatic carbocycles. The van der Waals surface area contributed by atoms with Crippen molar-refractivity contribution in [2.24, 2.45) is 0 Å². The molecule has 5 nitrogen and oxygen atoms in total. The van der Waals surface area contributed by atoms with Crippen LogP contribution in [0.4, 0.5) is 4.79 Å². The van der Waals surface area contributed by atoms with Gasteiger partial charge in [0.15, 0.2) is 0 Å². The Morgan fingerprint density at radius 2 is 1.84 bits per heavy atom. The first kappa shape index (κ1) is 13.9. The zero-order valence-corrected chi connectivity index (χ0v) is 12.2. The Kier molecular flexibility index (Phi) is 4.42. The number of hydrogen-bond donors (Lipinski definition) is 0. The van der Waals surface area contributed by atoms with Crippen molar-refractivity contribution >= 4 is 23.3 Å². The van der Waals surface area contributed by atoms with Crippen LogP contribution in [0, 0.1) is 0 Å². The van der Waals surface area contributed by atoms with Gasteiger partial charge in [-0.05, 0) is 11.4 Å². The summed E-state index contributed by atoms with van der Waals surface area (Å²) in [5.74, 6) is 0.152. The van der Waals surface area contributed by atoms with Crippen molar-refractivity contribution in [3.05, 3.63) is 22.4 Å². The van der Waals surface area contributed by atoms with E-state index in [9.17, 15) is 9.59 Å². The molecule has 0 bridgehead atoms. The zero-order chi connectivity index (χ0) is 13.8. The molecule has 1 aliphatic heterocycles. The predicted octanol–water partition coefficient (Wildman–Crippen LogP) is 1.12. The summed E-state index contributed by atoms with van der Waals surface area (Å²) in [5.41, 5.74) is 0. The van der Waals surface area contributed by atoms with Crippen LogP contribution in [-0.2, 0) is 11.2 Å². The van der Waals surface area contributed by atoms with Gasteiger partial charge in [-0.2, -0.15) is 0 Å². The third kappa shape index (κ3) is 3.47. The van der Waals surface area contributed by atoms with Gasteiger partial charge < -0.3 is 14.7 Å². The van der Waals surface area contributed by atoms with E-state index < -0.39 is 0 Å². The summed E-state index contributed by atoms with van der Waals surface area (Å²) in [6.07, 6.45) is 0.472. The predicted molar refractivity (Wildman–Crippen MR) is 75.3 cm³/mol. The van der Waals surface area contributed by atoms with E-state index in [2.05, 4.69) is 0 Å². The molecule has 0 spiro atoms. The molecule has 104 valence electrons. The second-order valence-electron chi connectivity index (χ2n) is 4.80. The lowest BCUT2D eigenvalue weighted by Gasteiger charge is -2.35. The first-order valence-electron chi connectivity index (χ1n) is 6.34. The van der Waals surface area contributed by atoms with E-state index in [1.54, 1.807) is 35.2 Å². The molecule has 1 aliphatic rings. The lowest BCUT2D eigenvalue weighted by molar-refractivity contribution is -0.131. The maximum absolute atomic E-state index is 12.1. The number of nitrogens with zero attached hydrogens (tertiary/aromatic N) is 3. The lowest BCUT2D eigenvalue weighted by Crippen LogP contribution is -2.53. The molecule has 2 heterocycles. The van der Waals surface area contributed by atoms with Crippen molar-refractivity contribution in [3.63, 3.8) is 0 Å². The molecule has 19 heavy (non-hydrogen) atoms. The van der Waals surface area contributed by atoms with Crippen molar-refractivity contribution in [3.8, 4) is 0 Å². The van der Waals surface area contributed by atoms with Gasteiger partial charge in [0.1, 0.15) is 0 Å². The quantitative estimate of drug-likeness (QED) is 0.815. The Hall–Kier alpha value is -1.56. The highest BCUT2D eigenvalue weighted by atomic mass is 32.1. The maximum Gasteiger partial charge on any atom is 0.319 e. The minimum atomic E-state index is 0.0188. The highest BCUT2D eigenvalue weighted by Crippen LogP contribution is 2.12. The second-order valence-corrected chi connectivity index (χ2v) is 5.83. The Labute approximate surface area is 117 Å². The Morgan fingerprint density at radius 3 is 2.37 bits per heavy atom. The molecular weight excluding hydrogens is 262 g/mol. The molecule has 1 saturated heterocycles. The number of piperazine rings is 1. The normalized spacial score (nSPS) is 15.5. The summed E-state index contributed by atoms with van der Waals surface area (Å²) >= 11 is 1.61. The third-order valence-electron chi connectivity index (χ3n) is 3.19. The lowest BCUT2D eigenvalue weighted by atomic mass is 10.2. The van der Waals surface area contributed by atoms with Gasteiger partial charge in [-0.25, -0.2) is 4.79 Å². The fraction of sp³-hybridized carbons (Fsp3) is 0.538. The SMILES string of the molecule is CN(C)C(=O)N1CCN(C(=O)Cc2cccs2)CC1. The zero-order valence-electron chi connectivity index (χ0n) is 11.3. The Morgan fingerprint density at radius 1 is 1.21 bits per heavy atom. The van der Waals surface area contributed by atoms with E-state index in [4.69, 9.17) is 0 Å². The van der Waals surface area contributed by atoms with Gasteiger partial charge in [0, 0.05) is 45.2 Å². The summed E-state index contributed by atoms with van der Waals surface area (Å²) in [4.78, 5) is 30.2. The average molecular weight is 281 g/mol. The molecule has 0 radical (unpaired) electrons. The van der Waals surface area contributed by atoms with Crippen molar-refractivity contribution in [2.45, 2.75) is 6.42 Å². The van der Waals surface area contributed by atoms with Crippen LogP contribution >= 0.6 is 11.3 Å². The standard InChI is InChI=1S/C13H19N3O2S/c1-14(2)13(18)16-7-5-15(6-8-16)12(17)10-11-4-3-9-19-11/h3-4,9H,5-8,10H2,1-2H3. The smallest absolute Gasteiger partial charge is 0.319 e. The summed E-state index contributed by atoms with van der Waals surface area (Å²) in [6, 6.07) is 3.96. The monoisotopic (exact) mass is 281 g/mol. The summed E-state index contributed by atoms with van der Waals surface area (Å²) in [5, 5.41) is 1.98. The van der Waals surface area contributed by atoms with Crippen LogP contribution in [0.1, 0.15) is 4.88 Å². The number of carbonyl (C=O) groups excluding carboxylic acids is 2. The molecule has 2 rings (SSSR count).